The SMILES string of the molecule is COc1cccc(OCC(=O)NCc2cn3cc(Br)cc(C)c3n2)c1. The van der Waals surface area contributed by atoms with Gasteiger partial charge in [0.1, 0.15) is 17.1 Å². The summed E-state index contributed by atoms with van der Waals surface area (Å²) in [7, 11) is 1.58. The summed E-state index contributed by atoms with van der Waals surface area (Å²) < 4.78 is 13.5. The second kappa shape index (κ2) is 7.57. The Bertz CT molecular complexity index is 908. The third-order valence-electron chi connectivity index (χ3n) is 3.63. The Morgan fingerprint density at radius 2 is 2.08 bits per heavy atom. The zero-order chi connectivity index (χ0) is 17.8. The Balaban J connectivity index is 1.56. The van der Waals surface area contributed by atoms with Crippen LogP contribution in [0.4, 0.5) is 0 Å². The fourth-order valence-corrected chi connectivity index (χ4v) is 3.01. The number of rotatable bonds is 6. The summed E-state index contributed by atoms with van der Waals surface area (Å²) in [5, 5.41) is 2.81. The monoisotopic (exact) mass is 403 g/mol. The van der Waals surface area contributed by atoms with Crippen molar-refractivity contribution in [3.63, 3.8) is 0 Å². The summed E-state index contributed by atoms with van der Waals surface area (Å²) in [6, 6.07) is 9.14. The van der Waals surface area contributed by atoms with Gasteiger partial charge in [-0.2, -0.15) is 0 Å². The lowest BCUT2D eigenvalue weighted by Gasteiger charge is -2.07. The number of aromatic nitrogens is 2. The molecule has 1 N–H and O–H groups in total. The molecule has 130 valence electrons. The number of halogens is 1. The molecule has 3 rings (SSSR count). The maximum absolute atomic E-state index is 12.0. The van der Waals surface area contributed by atoms with E-state index in [1.54, 1.807) is 19.2 Å². The number of hydrogen-bond acceptors (Lipinski definition) is 4. The number of fused-ring (bicyclic) bond motifs is 1. The van der Waals surface area contributed by atoms with E-state index >= 15 is 0 Å². The molecule has 0 aliphatic heterocycles. The average Bonchev–Trinajstić information content (AvgIpc) is 3.01. The first-order valence-corrected chi connectivity index (χ1v) is 8.52. The van der Waals surface area contributed by atoms with Gasteiger partial charge in [-0.1, -0.05) is 6.07 Å². The van der Waals surface area contributed by atoms with Crippen LogP contribution in [0.15, 0.2) is 47.2 Å². The van der Waals surface area contributed by atoms with Crippen LogP contribution in [0.3, 0.4) is 0 Å². The zero-order valence-electron chi connectivity index (χ0n) is 14.0. The Morgan fingerprint density at radius 3 is 2.88 bits per heavy atom. The van der Waals surface area contributed by atoms with Crippen LogP contribution in [-0.4, -0.2) is 29.0 Å². The van der Waals surface area contributed by atoms with Crippen molar-refractivity contribution in [1.82, 2.24) is 14.7 Å². The largest absolute Gasteiger partial charge is 0.497 e. The van der Waals surface area contributed by atoms with Crippen LogP contribution in [0.5, 0.6) is 11.5 Å². The second-order valence-electron chi connectivity index (χ2n) is 5.55. The van der Waals surface area contributed by atoms with Crippen LogP contribution in [0.2, 0.25) is 0 Å². The minimum atomic E-state index is -0.210. The number of amides is 1. The van der Waals surface area contributed by atoms with E-state index in [1.807, 2.05) is 41.9 Å². The molecule has 3 aromatic rings. The molecular weight excluding hydrogens is 386 g/mol. The van der Waals surface area contributed by atoms with Crippen LogP contribution < -0.4 is 14.8 Å². The van der Waals surface area contributed by atoms with Gasteiger partial charge in [0.05, 0.1) is 19.3 Å². The summed E-state index contributed by atoms with van der Waals surface area (Å²) in [4.78, 5) is 16.5. The lowest BCUT2D eigenvalue weighted by atomic mass is 10.3. The van der Waals surface area contributed by atoms with E-state index in [1.165, 1.54) is 0 Å². The highest BCUT2D eigenvalue weighted by atomic mass is 79.9. The minimum Gasteiger partial charge on any atom is -0.497 e. The molecular formula is C18H18BrN3O3. The number of benzene rings is 1. The fraction of sp³-hybridized carbons (Fsp3) is 0.222. The van der Waals surface area contributed by atoms with Gasteiger partial charge < -0.3 is 19.2 Å². The number of hydrogen-bond donors (Lipinski definition) is 1. The van der Waals surface area contributed by atoms with Crippen LogP contribution >= 0.6 is 15.9 Å². The first-order valence-electron chi connectivity index (χ1n) is 7.72. The molecule has 6 nitrogen and oxygen atoms in total. The van der Waals surface area contributed by atoms with Gasteiger partial charge in [0.2, 0.25) is 0 Å². The molecule has 1 aromatic carbocycles. The van der Waals surface area contributed by atoms with E-state index in [0.717, 1.165) is 21.4 Å². The first-order chi connectivity index (χ1) is 12.0. The number of carbonyl (C=O) groups excluding carboxylic acids is 1. The zero-order valence-corrected chi connectivity index (χ0v) is 15.5. The van der Waals surface area contributed by atoms with Crippen molar-refractivity contribution in [2.24, 2.45) is 0 Å². The van der Waals surface area contributed by atoms with Crippen LogP contribution in [0.1, 0.15) is 11.3 Å². The third kappa shape index (κ3) is 4.30. The van der Waals surface area contributed by atoms with Crippen molar-refractivity contribution < 1.29 is 14.3 Å². The molecule has 0 saturated carbocycles. The van der Waals surface area contributed by atoms with Gasteiger partial charge in [-0.25, -0.2) is 4.98 Å². The van der Waals surface area contributed by atoms with Crippen molar-refractivity contribution in [3.8, 4) is 11.5 Å². The van der Waals surface area contributed by atoms with Crippen molar-refractivity contribution in [2.45, 2.75) is 13.5 Å². The minimum absolute atomic E-state index is 0.0644. The maximum atomic E-state index is 12.0. The van der Waals surface area contributed by atoms with Gasteiger partial charge in [0.15, 0.2) is 6.61 Å². The molecule has 0 aliphatic carbocycles. The molecule has 25 heavy (non-hydrogen) atoms. The molecule has 0 spiro atoms. The number of nitrogens with zero attached hydrogens (tertiary/aromatic N) is 2. The quantitative estimate of drug-likeness (QED) is 0.686. The normalized spacial score (nSPS) is 10.7. The molecule has 2 aromatic heterocycles. The highest BCUT2D eigenvalue weighted by Crippen LogP contribution is 2.19. The lowest BCUT2D eigenvalue weighted by molar-refractivity contribution is -0.123. The summed E-state index contributed by atoms with van der Waals surface area (Å²) in [5.74, 6) is 1.06. The average molecular weight is 404 g/mol. The highest BCUT2D eigenvalue weighted by Gasteiger charge is 2.08. The van der Waals surface area contributed by atoms with Crippen LogP contribution in [0, 0.1) is 6.92 Å². The van der Waals surface area contributed by atoms with Gasteiger partial charge in [-0.3, -0.25) is 4.79 Å². The molecule has 0 fully saturated rings. The summed E-state index contributed by atoms with van der Waals surface area (Å²) >= 11 is 3.46. The fourth-order valence-electron chi connectivity index (χ4n) is 2.44. The van der Waals surface area contributed by atoms with Crippen LogP contribution in [0.25, 0.3) is 5.65 Å². The number of carbonyl (C=O) groups is 1. The number of aryl methyl sites for hydroxylation is 1. The molecule has 0 radical (unpaired) electrons. The second-order valence-corrected chi connectivity index (χ2v) is 6.46. The number of imidazole rings is 1. The van der Waals surface area contributed by atoms with Gasteiger partial charge in [0, 0.05) is 22.9 Å². The van der Waals surface area contributed by atoms with E-state index in [4.69, 9.17) is 9.47 Å². The number of nitrogens with one attached hydrogen (secondary N) is 1. The van der Waals surface area contributed by atoms with E-state index in [0.29, 0.717) is 18.0 Å². The number of methoxy groups -OCH3 is 1. The van der Waals surface area contributed by atoms with Crippen molar-refractivity contribution in [2.75, 3.05) is 13.7 Å². The Kier molecular flexibility index (Phi) is 5.23. The van der Waals surface area contributed by atoms with Crippen molar-refractivity contribution >= 4 is 27.5 Å². The molecule has 0 bridgehead atoms. The molecule has 1 amide bonds. The predicted octanol–water partition coefficient (Wildman–Crippen LogP) is 3.11. The van der Waals surface area contributed by atoms with Crippen molar-refractivity contribution in [3.05, 3.63) is 58.5 Å². The maximum Gasteiger partial charge on any atom is 0.258 e. The predicted molar refractivity (Wildman–Crippen MR) is 98.0 cm³/mol. The smallest absolute Gasteiger partial charge is 0.258 e. The van der Waals surface area contributed by atoms with Gasteiger partial charge in [-0.15, -0.1) is 0 Å². The summed E-state index contributed by atoms with van der Waals surface area (Å²) in [6.07, 6.45) is 3.84. The van der Waals surface area contributed by atoms with Crippen molar-refractivity contribution in [1.29, 1.82) is 0 Å². The van der Waals surface area contributed by atoms with Crippen LogP contribution in [-0.2, 0) is 11.3 Å². The van der Waals surface area contributed by atoms with E-state index in [9.17, 15) is 4.79 Å². The number of pyridine rings is 1. The van der Waals surface area contributed by atoms with E-state index < -0.39 is 0 Å². The summed E-state index contributed by atoms with van der Waals surface area (Å²) in [6.45, 7) is 2.28. The van der Waals surface area contributed by atoms with E-state index in [-0.39, 0.29) is 12.5 Å². The molecule has 2 heterocycles. The molecule has 0 aliphatic rings. The summed E-state index contributed by atoms with van der Waals surface area (Å²) in [5.41, 5.74) is 2.73. The Labute approximate surface area is 153 Å². The number of ether oxygens (including phenoxy) is 2. The van der Waals surface area contributed by atoms with Gasteiger partial charge in [0.25, 0.3) is 5.91 Å². The van der Waals surface area contributed by atoms with Gasteiger partial charge >= 0.3 is 0 Å². The van der Waals surface area contributed by atoms with E-state index in [2.05, 4.69) is 26.2 Å². The molecule has 0 saturated heterocycles. The molecule has 7 heteroatoms. The topological polar surface area (TPSA) is 64.9 Å². The third-order valence-corrected chi connectivity index (χ3v) is 4.06. The molecule has 0 unspecified atom stereocenters. The Morgan fingerprint density at radius 1 is 1.28 bits per heavy atom. The Hall–Kier alpha value is -2.54. The highest BCUT2D eigenvalue weighted by molar-refractivity contribution is 9.10. The first kappa shape index (κ1) is 17.3. The standard InChI is InChI=1S/C18H18BrN3O3/c1-12-6-13(19)9-22-10-14(21-18(12)22)8-20-17(23)11-25-16-5-3-4-15(7-16)24-2/h3-7,9-10H,8,11H2,1-2H3,(H,20,23). The molecule has 0 atom stereocenters. The van der Waals surface area contributed by atoms with Gasteiger partial charge in [-0.05, 0) is 46.6 Å². The lowest BCUT2D eigenvalue weighted by Crippen LogP contribution is -2.28.